The van der Waals surface area contributed by atoms with Crippen LogP contribution in [0.2, 0.25) is 0 Å². The van der Waals surface area contributed by atoms with E-state index < -0.39 is 179 Å². The fourth-order valence-corrected chi connectivity index (χ4v) is 6.43. The molecule has 3 fully saturated rings. The highest BCUT2D eigenvalue weighted by atomic mass is 16.8. The van der Waals surface area contributed by atoms with E-state index >= 15 is 0 Å². The van der Waals surface area contributed by atoms with Crippen LogP contribution in [0.5, 0.6) is 0 Å². The number of aliphatic hydroxyl groups excluding tert-OH is 14. The van der Waals surface area contributed by atoms with Crippen LogP contribution in [0.3, 0.4) is 0 Å². The Morgan fingerprint density at radius 1 is 0.702 bits per heavy atom. The van der Waals surface area contributed by atoms with E-state index in [0.717, 1.165) is 13.8 Å². The van der Waals surface area contributed by atoms with Gasteiger partial charge in [0.25, 0.3) is 5.79 Å². The number of rotatable bonds is 19. The van der Waals surface area contributed by atoms with Crippen LogP contribution in [0.15, 0.2) is 0 Å². The van der Waals surface area contributed by atoms with Crippen LogP contribution < -0.4 is 10.6 Å². The first-order valence-corrected chi connectivity index (χ1v) is 17.6. The van der Waals surface area contributed by atoms with Crippen LogP contribution in [0.4, 0.5) is 0 Å². The second kappa shape index (κ2) is 21.2. The number of carboxylic acids is 1. The number of amides is 2. The van der Waals surface area contributed by atoms with Crippen molar-refractivity contribution in [3.8, 4) is 0 Å². The first-order chi connectivity index (χ1) is 26.6. The van der Waals surface area contributed by atoms with E-state index in [-0.39, 0.29) is 0 Å². The minimum Gasteiger partial charge on any atom is -0.477 e. The molecular formula is C31H54N2O24. The number of ether oxygens (including phenoxy) is 6. The predicted molar refractivity (Wildman–Crippen MR) is 176 cm³/mol. The number of hydrogen-bond acceptors (Lipinski definition) is 23. The van der Waals surface area contributed by atoms with Gasteiger partial charge >= 0.3 is 5.97 Å². The summed E-state index contributed by atoms with van der Waals surface area (Å²) in [6, 6.07) is -3.15. The molecule has 20 atom stereocenters. The van der Waals surface area contributed by atoms with Gasteiger partial charge in [-0.2, -0.15) is 0 Å². The molecule has 57 heavy (non-hydrogen) atoms. The van der Waals surface area contributed by atoms with Crippen molar-refractivity contribution in [1.29, 1.82) is 0 Å². The van der Waals surface area contributed by atoms with Crippen molar-refractivity contribution in [1.82, 2.24) is 10.6 Å². The first kappa shape index (κ1) is 49.0. The molecule has 0 radical (unpaired) electrons. The molecule has 3 aliphatic heterocycles. The molecule has 0 bridgehead atoms. The Hall–Kier alpha value is -2.39. The van der Waals surface area contributed by atoms with Gasteiger partial charge in [0.1, 0.15) is 91.5 Å². The van der Waals surface area contributed by atoms with E-state index in [1.165, 1.54) is 0 Å². The van der Waals surface area contributed by atoms with Crippen molar-refractivity contribution < 1.29 is 119 Å². The number of aliphatic hydroxyl groups is 14. The normalized spacial score (nSPS) is 39.3. The van der Waals surface area contributed by atoms with Crippen LogP contribution in [-0.2, 0) is 42.8 Å². The molecular weight excluding hydrogens is 784 g/mol. The molecule has 3 aliphatic rings. The van der Waals surface area contributed by atoms with Crippen molar-refractivity contribution in [2.45, 2.75) is 142 Å². The van der Waals surface area contributed by atoms with Crippen molar-refractivity contribution in [2.24, 2.45) is 0 Å². The second-order valence-electron chi connectivity index (χ2n) is 13.9. The van der Waals surface area contributed by atoms with Crippen molar-refractivity contribution in [3.05, 3.63) is 0 Å². The van der Waals surface area contributed by atoms with E-state index in [1.54, 1.807) is 0 Å². The van der Waals surface area contributed by atoms with Crippen LogP contribution in [-0.4, -0.2) is 249 Å². The van der Waals surface area contributed by atoms with Crippen LogP contribution in [0.1, 0.15) is 20.3 Å². The third-order valence-electron chi connectivity index (χ3n) is 9.61. The summed E-state index contributed by atoms with van der Waals surface area (Å²) in [7, 11) is 0. The maximum atomic E-state index is 12.6. The molecule has 0 unspecified atom stereocenters. The van der Waals surface area contributed by atoms with E-state index in [9.17, 15) is 91.0 Å². The Morgan fingerprint density at radius 2 is 1.23 bits per heavy atom. The predicted octanol–water partition coefficient (Wildman–Crippen LogP) is -10.6. The van der Waals surface area contributed by atoms with Gasteiger partial charge in [-0.15, -0.1) is 0 Å². The average Bonchev–Trinajstić information content (AvgIpc) is 3.17. The number of carboxylic acid groups (broad SMARTS) is 1. The van der Waals surface area contributed by atoms with E-state index in [4.69, 9.17) is 28.4 Å². The van der Waals surface area contributed by atoms with Gasteiger partial charge in [-0.25, -0.2) is 4.79 Å². The lowest BCUT2D eigenvalue weighted by Crippen LogP contribution is -2.69. The molecule has 0 aromatic heterocycles. The lowest BCUT2D eigenvalue weighted by atomic mass is 9.88. The fourth-order valence-electron chi connectivity index (χ4n) is 6.43. The number of nitrogens with one attached hydrogen (secondary N) is 2. The monoisotopic (exact) mass is 838 g/mol. The molecule has 26 nitrogen and oxygen atoms in total. The summed E-state index contributed by atoms with van der Waals surface area (Å²) in [5.74, 6) is -6.35. The Balaban J connectivity index is 1.85. The standard InChI is InChI=1S/C31H54N2O24/c1-9(37)32-17-11(39)3-31(30(50)51,57-27(17)20(44)13(41)5-35)53-8-16-21(45)23(47)18(33-10(2)38)28(54-16)52-7-15-22(46)24(48)25(49)29(55-15)56-26(14(42)6-36)19(43)12(40)4-34/h11-29,34-36,39-49H,3-8H2,1-2H3,(H,32,37)(H,33,38)(H,50,51)/t11-,12-,13+,14+,15+,16+,17+,18+,19+,20+,21+,22-,23+,24-,25+,26+,27+,28+,29-,31+/m0/s1. The zero-order valence-corrected chi connectivity index (χ0v) is 30.6. The minimum atomic E-state index is -2.90. The molecule has 0 saturated carbocycles. The number of carbonyl (C=O) groups excluding carboxylic acids is 2. The zero-order chi connectivity index (χ0) is 43.1. The van der Waals surface area contributed by atoms with Gasteiger partial charge in [0.05, 0.1) is 45.2 Å². The van der Waals surface area contributed by atoms with Gasteiger partial charge in [-0.1, -0.05) is 0 Å². The molecule has 26 heteroatoms. The van der Waals surface area contributed by atoms with Gasteiger partial charge in [0.15, 0.2) is 12.6 Å². The highest BCUT2D eigenvalue weighted by Crippen LogP contribution is 2.35. The lowest BCUT2D eigenvalue weighted by Gasteiger charge is -2.48. The summed E-state index contributed by atoms with van der Waals surface area (Å²) >= 11 is 0. The van der Waals surface area contributed by atoms with Crippen molar-refractivity contribution in [3.63, 3.8) is 0 Å². The Kier molecular flexibility index (Phi) is 18.2. The van der Waals surface area contributed by atoms with E-state index in [2.05, 4.69) is 10.6 Å². The molecule has 0 aromatic rings. The maximum absolute atomic E-state index is 12.6. The van der Waals surface area contributed by atoms with Gasteiger partial charge in [0, 0.05) is 20.3 Å². The van der Waals surface area contributed by atoms with Crippen LogP contribution >= 0.6 is 0 Å². The highest BCUT2D eigenvalue weighted by molar-refractivity contribution is 5.76. The molecule has 2 amide bonds. The van der Waals surface area contributed by atoms with Gasteiger partial charge in [0.2, 0.25) is 11.8 Å². The number of carbonyl (C=O) groups is 3. The Bertz CT molecular complexity index is 1300. The van der Waals surface area contributed by atoms with Crippen LogP contribution in [0.25, 0.3) is 0 Å². The second-order valence-corrected chi connectivity index (χ2v) is 13.9. The smallest absolute Gasteiger partial charge is 0.364 e. The van der Waals surface area contributed by atoms with E-state index in [1.807, 2.05) is 0 Å². The first-order valence-electron chi connectivity index (χ1n) is 17.6. The Morgan fingerprint density at radius 3 is 1.77 bits per heavy atom. The average molecular weight is 839 g/mol. The fraction of sp³-hybridized carbons (Fsp3) is 0.903. The quantitative estimate of drug-likeness (QED) is 0.0574. The molecule has 17 N–H and O–H groups in total. The summed E-state index contributed by atoms with van der Waals surface area (Å²) in [4.78, 5) is 36.5. The number of aliphatic carboxylic acids is 1. The third-order valence-corrected chi connectivity index (χ3v) is 9.61. The lowest BCUT2D eigenvalue weighted by molar-refractivity contribution is -0.344. The van der Waals surface area contributed by atoms with Gasteiger partial charge < -0.3 is 116 Å². The summed E-state index contributed by atoms with van der Waals surface area (Å²) in [6.45, 7) is -2.96. The molecule has 3 heterocycles. The summed E-state index contributed by atoms with van der Waals surface area (Å²) in [6.07, 6.45) is -34.1. The minimum absolute atomic E-state index is 0.754. The summed E-state index contributed by atoms with van der Waals surface area (Å²) in [5, 5.41) is 158. The third kappa shape index (κ3) is 11.7. The zero-order valence-electron chi connectivity index (χ0n) is 30.6. The van der Waals surface area contributed by atoms with Gasteiger partial charge in [-0.05, 0) is 0 Å². The molecule has 3 saturated heterocycles. The van der Waals surface area contributed by atoms with E-state index in [0.29, 0.717) is 0 Å². The summed E-state index contributed by atoms with van der Waals surface area (Å²) in [5.41, 5.74) is 0. The maximum Gasteiger partial charge on any atom is 0.364 e. The van der Waals surface area contributed by atoms with Crippen molar-refractivity contribution in [2.75, 3.05) is 33.0 Å². The van der Waals surface area contributed by atoms with Gasteiger partial charge in [-0.3, -0.25) is 9.59 Å². The largest absolute Gasteiger partial charge is 0.477 e. The van der Waals surface area contributed by atoms with Crippen LogP contribution in [0, 0.1) is 0 Å². The molecule has 332 valence electrons. The molecule has 3 rings (SSSR count). The molecule has 0 aliphatic carbocycles. The molecule has 0 aromatic carbocycles. The topological polar surface area (TPSA) is 434 Å². The number of hydrogen-bond donors (Lipinski definition) is 17. The Labute approximate surface area is 323 Å². The highest BCUT2D eigenvalue weighted by Gasteiger charge is 2.57. The SMILES string of the molecule is CC(=O)N[C@H]1[C@H](OC[C@H]2O[C@@H](O[C@@H]([C@H](O)[C@@H](O)CO)[C@H](O)CO)[C@H](O)[C@@H](O)[C@H]2O)O[C@H](CO[C@]2(C(=O)O)C[C@H](O)[C@@H](NC(C)=O)[C@H]([C@H](O)[C@H](O)CO)O2)[C@@H](O)[C@@H]1O. The van der Waals surface area contributed by atoms with Crippen molar-refractivity contribution >= 4 is 17.8 Å². The summed E-state index contributed by atoms with van der Waals surface area (Å²) < 4.78 is 33.3. The molecule has 0 spiro atoms.